The van der Waals surface area contributed by atoms with Gasteiger partial charge in [0, 0.05) is 17.8 Å². The molecule has 3 heteroatoms. The predicted octanol–water partition coefficient (Wildman–Crippen LogP) is 1.87. The lowest BCUT2D eigenvalue weighted by Crippen LogP contribution is -2.38. The lowest BCUT2D eigenvalue weighted by molar-refractivity contribution is 0.0244. The molecule has 0 aliphatic carbocycles. The number of allylic oxidation sites excluding steroid dienone is 3. The highest BCUT2D eigenvalue weighted by Crippen LogP contribution is 2.34. The van der Waals surface area contributed by atoms with Crippen LogP contribution < -0.4 is 0 Å². The summed E-state index contributed by atoms with van der Waals surface area (Å²) in [5, 5.41) is 10.2. The number of rotatable bonds is 1. The molecular formula is C13H18N2O. The van der Waals surface area contributed by atoms with Crippen molar-refractivity contribution in [3.05, 3.63) is 36.1 Å². The standard InChI is InChI=1S/C13H18N2O/c1-5-11-9(3)14-10(4)13(16)15-7-6-8(2)12(11)15/h5,10,13,16H,1-2,6-7H2,3-4H3. The summed E-state index contributed by atoms with van der Waals surface area (Å²) in [5.41, 5.74) is 4.03. The SMILES string of the molecule is C=CC1=C2C(=C)CCN2C(O)C(C)N=C1C. The number of aliphatic hydroxyl groups excluding tert-OH is 1. The maximum atomic E-state index is 10.2. The van der Waals surface area contributed by atoms with E-state index in [1.807, 2.05) is 24.8 Å². The van der Waals surface area contributed by atoms with Gasteiger partial charge in [-0.1, -0.05) is 19.2 Å². The van der Waals surface area contributed by atoms with Crippen molar-refractivity contribution in [2.24, 2.45) is 4.99 Å². The molecule has 2 aliphatic rings. The highest BCUT2D eigenvalue weighted by Gasteiger charge is 2.33. The Balaban J connectivity index is 2.59. The van der Waals surface area contributed by atoms with Gasteiger partial charge < -0.3 is 10.0 Å². The van der Waals surface area contributed by atoms with Crippen molar-refractivity contribution in [3.63, 3.8) is 0 Å². The summed E-state index contributed by atoms with van der Waals surface area (Å²) in [7, 11) is 0. The maximum Gasteiger partial charge on any atom is 0.149 e. The van der Waals surface area contributed by atoms with E-state index >= 15 is 0 Å². The Morgan fingerprint density at radius 1 is 1.56 bits per heavy atom. The second kappa shape index (κ2) is 3.91. The van der Waals surface area contributed by atoms with Crippen molar-refractivity contribution >= 4 is 5.71 Å². The first-order valence-electron chi connectivity index (χ1n) is 5.60. The molecule has 0 saturated carbocycles. The maximum absolute atomic E-state index is 10.2. The molecule has 1 N–H and O–H groups in total. The molecule has 2 atom stereocenters. The minimum absolute atomic E-state index is 0.113. The largest absolute Gasteiger partial charge is 0.371 e. The number of aliphatic imine (C=N–C) groups is 1. The normalized spacial score (nSPS) is 30.1. The smallest absolute Gasteiger partial charge is 0.149 e. The van der Waals surface area contributed by atoms with Gasteiger partial charge in [-0.3, -0.25) is 4.99 Å². The Morgan fingerprint density at radius 2 is 2.25 bits per heavy atom. The number of hydrogen-bond acceptors (Lipinski definition) is 3. The van der Waals surface area contributed by atoms with Crippen molar-refractivity contribution < 1.29 is 5.11 Å². The molecule has 0 aromatic rings. The van der Waals surface area contributed by atoms with E-state index in [1.54, 1.807) is 0 Å². The minimum Gasteiger partial charge on any atom is -0.371 e. The zero-order valence-corrected chi connectivity index (χ0v) is 9.90. The molecule has 1 fully saturated rings. The summed E-state index contributed by atoms with van der Waals surface area (Å²) in [6.45, 7) is 12.6. The van der Waals surface area contributed by atoms with Crippen molar-refractivity contribution in [2.75, 3.05) is 6.54 Å². The van der Waals surface area contributed by atoms with Crippen LogP contribution in [0.5, 0.6) is 0 Å². The first kappa shape index (κ1) is 11.1. The third-order valence-corrected chi connectivity index (χ3v) is 3.27. The van der Waals surface area contributed by atoms with Gasteiger partial charge in [0.25, 0.3) is 0 Å². The highest BCUT2D eigenvalue weighted by molar-refractivity contribution is 6.02. The van der Waals surface area contributed by atoms with Crippen LogP contribution in [0.25, 0.3) is 0 Å². The van der Waals surface area contributed by atoms with Gasteiger partial charge in [-0.05, 0) is 25.8 Å². The van der Waals surface area contributed by atoms with E-state index < -0.39 is 6.23 Å². The molecule has 0 amide bonds. The molecule has 0 aromatic carbocycles. The first-order chi connectivity index (χ1) is 7.56. The number of nitrogens with zero attached hydrogens (tertiary/aromatic N) is 2. The number of hydrogen-bond donors (Lipinski definition) is 1. The fraction of sp³-hybridized carbons (Fsp3) is 0.462. The van der Waals surface area contributed by atoms with Gasteiger partial charge in [0.15, 0.2) is 0 Å². The van der Waals surface area contributed by atoms with Crippen LogP contribution in [0.2, 0.25) is 0 Å². The van der Waals surface area contributed by atoms with Crippen molar-refractivity contribution in [1.29, 1.82) is 0 Å². The zero-order chi connectivity index (χ0) is 11.9. The molecule has 16 heavy (non-hydrogen) atoms. The van der Waals surface area contributed by atoms with E-state index in [2.05, 4.69) is 18.2 Å². The van der Waals surface area contributed by atoms with Crippen LogP contribution in [0, 0.1) is 0 Å². The molecule has 2 unspecified atom stereocenters. The molecule has 0 radical (unpaired) electrons. The van der Waals surface area contributed by atoms with Gasteiger partial charge in [-0.25, -0.2) is 0 Å². The highest BCUT2D eigenvalue weighted by atomic mass is 16.3. The fourth-order valence-electron chi connectivity index (χ4n) is 2.42. The van der Waals surface area contributed by atoms with Crippen LogP contribution in [-0.4, -0.2) is 34.5 Å². The van der Waals surface area contributed by atoms with Gasteiger partial charge in [-0.15, -0.1) is 0 Å². The second-order valence-electron chi connectivity index (χ2n) is 4.38. The van der Waals surface area contributed by atoms with Crippen LogP contribution in [0.3, 0.4) is 0 Å². The molecule has 2 aliphatic heterocycles. The first-order valence-corrected chi connectivity index (χ1v) is 5.60. The number of aliphatic hydroxyl groups is 1. The van der Waals surface area contributed by atoms with E-state index in [9.17, 15) is 5.11 Å². The molecule has 0 spiro atoms. The Hall–Kier alpha value is -1.35. The topological polar surface area (TPSA) is 35.8 Å². The quantitative estimate of drug-likeness (QED) is 0.729. The van der Waals surface area contributed by atoms with E-state index in [1.165, 1.54) is 0 Å². The van der Waals surface area contributed by atoms with E-state index in [0.717, 1.165) is 35.5 Å². The summed E-state index contributed by atoms with van der Waals surface area (Å²) in [6.07, 6.45) is 2.16. The van der Waals surface area contributed by atoms with Crippen LogP contribution in [0.15, 0.2) is 41.1 Å². The molecule has 2 rings (SSSR count). The van der Waals surface area contributed by atoms with Crippen LogP contribution in [0.1, 0.15) is 20.3 Å². The molecule has 86 valence electrons. The Labute approximate surface area is 96.5 Å². The van der Waals surface area contributed by atoms with Crippen molar-refractivity contribution in [3.8, 4) is 0 Å². The van der Waals surface area contributed by atoms with E-state index in [-0.39, 0.29) is 6.04 Å². The summed E-state index contributed by atoms with van der Waals surface area (Å²) in [4.78, 5) is 6.47. The average Bonchev–Trinajstić information content (AvgIpc) is 2.57. The number of fused-ring (bicyclic) bond motifs is 1. The minimum atomic E-state index is -0.554. The van der Waals surface area contributed by atoms with Gasteiger partial charge in [-0.2, -0.15) is 0 Å². The average molecular weight is 218 g/mol. The lowest BCUT2D eigenvalue weighted by atomic mass is 10.1. The molecule has 0 bridgehead atoms. The summed E-state index contributed by atoms with van der Waals surface area (Å²) >= 11 is 0. The summed E-state index contributed by atoms with van der Waals surface area (Å²) in [6, 6.07) is -0.113. The third-order valence-electron chi connectivity index (χ3n) is 3.27. The summed E-state index contributed by atoms with van der Waals surface area (Å²) in [5.74, 6) is 0. The Kier molecular flexibility index (Phi) is 2.72. The second-order valence-corrected chi connectivity index (χ2v) is 4.38. The molecule has 0 aromatic heterocycles. The fourth-order valence-corrected chi connectivity index (χ4v) is 2.42. The van der Waals surface area contributed by atoms with Gasteiger partial charge in [0.1, 0.15) is 6.23 Å². The molecular weight excluding hydrogens is 200 g/mol. The molecule has 1 saturated heterocycles. The van der Waals surface area contributed by atoms with Crippen LogP contribution in [0.4, 0.5) is 0 Å². The van der Waals surface area contributed by atoms with Crippen molar-refractivity contribution in [2.45, 2.75) is 32.5 Å². The van der Waals surface area contributed by atoms with E-state index in [0.29, 0.717) is 0 Å². The Bertz CT molecular complexity index is 406. The Morgan fingerprint density at radius 3 is 2.88 bits per heavy atom. The predicted molar refractivity (Wildman–Crippen MR) is 66.3 cm³/mol. The summed E-state index contributed by atoms with van der Waals surface area (Å²) < 4.78 is 0. The zero-order valence-electron chi connectivity index (χ0n) is 9.90. The lowest BCUT2D eigenvalue weighted by Gasteiger charge is -2.27. The van der Waals surface area contributed by atoms with Gasteiger partial charge >= 0.3 is 0 Å². The van der Waals surface area contributed by atoms with Crippen LogP contribution >= 0.6 is 0 Å². The van der Waals surface area contributed by atoms with Crippen LogP contribution in [-0.2, 0) is 0 Å². The monoisotopic (exact) mass is 218 g/mol. The van der Waals surface area contributed by atoms with E-state index in [4.69, 9.17) is 0 Å². The van der Waals surface area contributed by atoms with Crippen molar-refractivity contribution in [1.82, 2.24) is 4.90 Å². The third kappa shape index (κ3) is 1.52. The molecule has 2 heterocycles. The van der Waals surface area contributed by atoms with Gasteiger partial charge in [0.05, 0.1) is 11.7 Å². The molecule has 3 nitrogen and oxygen atoms in total. The van der Waals surface area contributed by atoms with Gasteiger partial charge in [0.2, 0.25) is 0 Å².